The van der Waals surface area contributed by atoms with E-state index in [9.17, 15) is 9.59 Å². The predicted molar refractivity (Wildman–Crippen MR) is 104 cm³/mol. The number of rotatable bonds is 6. The first-order valence-corrected chi connectivity index (χ1v) is 9.25. The quantitative estimate of drug-likeness (QED) is 0.686. The van der Waals surface area contributed by atoms with Crippen molar-refractivity contribution in [1.82, 2.24) is 14.9 Å². The molecule has 0 spiro atoms. The normalized spacial score (nSPS) is 13.5. The highest BCUT2D eigenvalue weighted by molar-refractivity contribution is 6.30. The molecule has 1 saturated carbocycles. The molecule has 1 aromatic heterocycles. The van der Waals surface area contributed by atoms with Gasteiger partial charge in [-0.3, -0.25) is 9.59 Å². The number of carbonyl (C=O) groups excluding carboxylic acids is 2. The van der Waals surface area contributed by atoms with Crippen LogP contribution in [-0.4, -0.2) is 21.4 Å². The summed E-state index contributed by atoms with van der Waals surface area (Å²) >= 11 is 5.88. The average molecular weight is 383 g/mol. The van der Waals surface area contributed by atoms with E-state index in [0.717, 1.165) is 23.9 Å². The third-order valence-corrected chi connectivity index (χ3v) is 4.78. The Bertz CT molecular complexity index is 993. The van der Waals surface area contributed by atoms with E-state index in [1.54, 1.807) is 24.3 Å². The molecule has 1 heterocycles. The fourth-order valence-corrected chi connectivity index (χ4v) is 3.10. The number of hydrogen-bond acceptors (Lipinski definition) is 3. The van der Waals surface area contributed by atoms with Gasteiger partial charge in [-0.15, -0.1) is 0 Å². The Labute approximate surface area is 161 Å². The standard InChI is InChI=1S/C20H19ClN4O2/c21-14-7-9-15(10-8-14)23-19(26)12-25-17-4-2-1-3-16(17)24-18(25)11-22-20(27)13-5-6-13/h1-4,7-10,13H,5-6,11-12H2,(H,22,27)(H,23,26). The van der Waals surface area contributed by atoms with E-state index in [2.05, 4.69) is 15.6 Å². The summed E-state index contributed by atoms with van der Waals surface area (Å²) in [5, 5.41) is 6.39. The highest BCUT2D eigenvalue weighted by Crippen LogP contribution is 2.28. The van der Waals surface area contributed by atoms with Gasteiger partial charge in [0.2, 0.25) is 11.8 Å². The number of anilines is 1. The van der Waals surface area contributed by atoms with Crippen LogP contribution in [0.25, 0.3) is 11.0 Å². The number of amides is 2. The number of aromatic nitrogens is 2. The van der Waals surface area contributed by atoms with E-state index in [1.165, 1.54) is 0 Å². The molecular weight excluding hydrogens is 364 g/mol. The molecule has 0 bridgehead atoms. The molecule has 0 radical (unpaired) electrons. The minimum Gasteiger partial charge on any atom is -0.349 e. The molecule has 138 valence electrons. The summed E-state index contributed by atoms with van der Waals surface area (Å²) in [6.45, 7) is 0.413. The monoisotopic (exact) mass is 382 g/mol. The van der Waals surface area contributed by atoms with Crippen molar-refractivity contribution in [3.8, 4) is 0 Å². The number of hydrogen-bond donors (Lipinski definition) is 2. The van der Waals surface area contributed by atoms with Crippen LogP contribution in [0.2, 0.25) is 5.02 Å². The van der Waals surface area contributed by atoms with Gasteiger partial charge in [0.15, 0.2) is 0 Å². The lowest BCUT2D eigenvalue weighted by molar-refractivity contribution is -0.122. The summed E-state index contributed by atoms with van der Waals surface area (Å²) in [6.07, 6.45) is 1.90. The molecule has 1 aliphatic rings. The first kappa shape index (κ1) is 17.5. The van der Waals surface area contributed by atoms with Gasteiger partial charge in [0.05, 0.1) is 17.6 Å². The first-order chi connectivity index (χ1) is 13.1. The van der Waals surface area contributed by atoms with Crippen molar-refractivity contribution < 1.29 is 9.59 Å². The number of para-hydroxylation sites is 2. The molecule has 0 unspecified atom stereocenters. The second-order valence-corrected chi connectivity index (χ2v) is 7.09. The van der Waals surface area contributed by atoms with Crippen molar-refractivity contribution >= 4 is 40.1 Å². The molecule has 2 aromatic carbocycles. The highest BCUT2D eigenvalue weighted by Gasteiger charge is 2.29. The predicted octanol–water partition coefficient (Wildman–Crippen LogP) is 3.35. The van der Waals surface area contributed by atoms with Crippen molar-refractivity contribution in [2.75, 3.05) is 5.32 Å². The number of halogens is 1. The number of carbonyl (C=O) groups is 2. The summed E-state index contributed by atoms with van der Waals surface area (Å²) < 4.78 is 1.84. The molecule has 0 saturated heterocycles. The lowest BCUT2D eigenvalue weighted by Crippen LogP contribution is -2.27. The fraction of sp³-hybridized carbons (Fsp3) is 0.250. The van der Waals surface area contributed by atoms with Crippen LogP contribution in [0.5, 0.6) is 0 Å². The van der Waals surface area contributed by atoms with Crippen molar-refractivity contribution in [3.05, 3.63) is 59.4 Å². The zero-order valence-corrected chi connectivity index (χ0v) is 15.4. The summed E-state index contributed by atoms with van der Waals surface area (Å²) in [7, 11) is 0. The van der Waals surface area contributed by atoms with Crippen molar-refractivity contribution in [1.29, 1.82) is 0 Å². The van der Waals surface area contributed by atoms with Crippen LogP contribution in [0, 0.1) is 5.92 Å². The summed E-state index contributed by atoms with van der Waals surface area (Å²) in [5.74, 6) is 0.682. The average Bonchev–Trinajstić information content (AvgIpc) is 3.46. The fourth-order valence-electron chi connectivity index (χ4n) is 2.97. The number of benzene rings is 2. The molecule has 2 N–H and O–H groups in total. The van der Waals surface area contributed by atoms with Crippen molar-refractivity contribution in [3.63, 3.8) is 0 Å². The van der Waals surface area contributed by atoms with Gasteiger partial charge in [-0.25, -0.2) is 4.98 Å². The molecule has 2 amide bonds. The van der Waals surface area contributed by atoms with Crippen LogP contribution in [0.15, 0.2) is 48.5 Å². The van der Waals surface area contributed by atoms with E-state index >= 15 is 0 Å². The van der Waals surface area contributed by atoms with Crippen LogP contribution in [0.4, 0.5) is 5.69 Å². The minimum atomic E-state index is -0.171. The van der Waals surface area contributed by atoms with Gasteiger partial charge in [0.1, 0.15) is 12.4 Å². The maximum Gasteiger partial charge on any atom is 0.244 e. The number of imidazole rings is 1. The molecular formula is C20H19ClN4O2. The first-order valence-electron chi connectivity index (χ1n) is 8.87. The zero-order valence-electron chi connectivity index (χ0n) is 14.6. The molecule has 7 heteroatoms. The molecule has 6 nitrogen and oxygen atoms in total. The van der Waals surface area contributed by atoms with E-state index in [0.29, 0.717) is 23.1 Å². The van der Waals surface area contributed by atoms with E-state index in [-0.39, 0.29) is 24.3 Å². The molecule has 1 fully saturated rings. The second kappa shape index (κ2) is 7.40. The Hall–Kier alpha value is -2.86. The van der Waals surface area contributed by atoms with Gasteiger partial charge in [-0.2, -0.15) is 0 Å². The SMILES string of the molecule is O=C(Cn1c(CNC(=O)C2CC2)nc2ccccc21)Nc1ccc(Cl)cc1. The number of nitrogens with zero attached hydrogens (tertiary/aromatic N) is 2. The molecule has 4 rings (SSSR count). The van der Waals surface area contributed by atoms with Crippen molar-refractivity contribution in [2.45, 2.75) is 25.9 Å². The van der Waals surface area contributed by atoms with Gasteiger partial charge >= 0.3 is 0 Å². The Balaban J connectivity index is 1.53. The van der Waals surface area contributed by atoms with Gasteiger partial charge < -0.3 is 15.2 Å². The van der Waals surface area contributed by atoms with Crippen LogP contribution in [0.1, 0.15) is 18.7 Å². The molecule has 0 atom stereocenters. The largest absolute Gasteiger partial charge is 0.349 e. The molecule has 1 aliphatic carbocycles. The van der Waals surface area contributed by atoms with Crippen LogP contribution in [-0.2, 0) is 22.7 Å². The van der Waals surface area contributed by atoms with E-state index in [4.69, 9.17) is 11.6 Å². The van der Waals surface area contributed by atoms with Gasteiger partial charge in [-0.05, 0) is 49.2 Å². The molecule has 3 aromatic rings. The van der Waals surface area contributed by atoms with Gasteiger partial charge in [-0.1, -0.05) is 23.7 Å². The third-order valence-electron chi connectivity index (χ3n) is 4.53. The maximum absolute atomic E-state index is 12.5. The van der Waals surface area contributed by atoms with E-state index < -0.39 is 0 Å². The minimum absolute atomic E-state index is 0.0548. The number of nitrogens with one attached hydrogen (secondary N) is 2. The Morgan fingerprint density at radius 2 is 1.85 bits per heavy atom. The topological polar surface area (TPSA) is 76.0 Å². The molecule has 27 heavy (non-hydrogen) atoms. The third kappa shape index (κ3) is 4.11. The van der Waals surface area contributed by atoms with E-state index in [1.807, 2.05) is 28.8 Å². The second-order valence-electron chi connectivity index (χ2n) is 6.65. The summed E-state index contributed by atoms with van der Waals surface area (Å²) in [4.78, 5) is 29.1. The lowest BCUT2D eigenvalue weighted by atomic mass is 10.3. The Kier molecular flexibility index (Phi) is 4.81. The Morgan fingerprint density at radius 1 is 1.11 bits per heavy atom. The zero-order chi connectivity index (χ0) is 18.8. The number of fused-ring (bicyclic) bond motifs is 1. The Morgan fingerprint density at radius 3 is 2.59 bits per heavy atom. The molecule has 0 aliphatic heterocycles. The summed E-state index contributed by atoms with van der Waals surface area (Å²) in [5.41, 5.74) is 2.34. The maximum atomic E-state index is 12.5. The van der Waals surface area contributed by atoms with Crippen LogP contribution >= 0.6 is 11.6 Å². The highest BCUT2D eigenvalue weighted by atomic mass is 35.5. The lowest BCUT2D eigenvalue weighted by Gasteiger charge is -2.11. The summed E-state index contributed by atoms with van der Waals surface area (Å²) in [6, 6.07) is 14.6. The smallest absolute Gasteiger partial charge is 0.244 e. The van der Waals surface area contributed by atoms with Gasteiger partial charge in [0.25, 0.3) is 0 Å². The van der Waals surface area contributed by atoms with Crippen LogP contribution < -0.4 is 10.6 Å². The van der Waals surface area contributed by atoms with Crippen molar-refractivity contribution in [2.24, 2.45) is 5.92 Å². The van der Waals surface area contributed by atoms with Crippen LogP contribution in [0.3, 0.4) is 0 Å². The van der Waals surface area contributed by atoms with Gasteiger partial charge in [0, 0.05) is 16.6 Å².